The van der Waals surface area contributed by atoms with Crippen molar-refractivity contribution in [3.8, 4) is 11.1 Å². The number of benzene rings is 2. The SMILES string of the molecule is [Zr+2].c1cc[cH-]c1.c1cc[cH-]c1.c1ccc(-c2ccccc2)cc1. The Hall–Kier alpha value is -1.98. The molecule has 4 aromatic carbocycles. The van der Waals surface area contributed by atoms with Crippen molar-refractivity contribution >= 4 is 0 Å². The zero-order valence-corrected chi connectivity index (χ0v) is 15.5. The molecule has 0 radical (unpaired) electrons. The van der Waals surface area contributed by atoms with Gasteiger partial charge in [0.2, 0.25) is 0 Å². The summed E-state index contributed by atoms with van der Waals surface area (Å²) >= 11 is 0. The van der Waals surface area contributed by atoms with Gasteiger partial charge in [-0.2, -0.15) is 36.4 Å². The van der Waals surface area contributed by atoms with E-state index >= 15 is 0 Å². The Morgan fingerprint density at radius 1 is 0.391 bits per heavy atom. The van der Waals surface area contributed by atoms with Crippen molar-refractivity contribution in [1.82, 2.24) is 0 Å². The van der Waals surface area contributed by atoms with Crippen molar-refractivity contribution in [2.45, 2.75) is 0 Å². The molecule has 1 heteroatoms. The first-order valence-electron chi connectivity index (χ1n) is 7.40. The molecule has 0 aliphatic heterocycles. The van der Waals surface area contributed by atoms with Crippen LogP contribution < -0.4 is 0 Å². The summed E-state index contributed by atoms with van der Waals surface area (Å²) in [5.74, 6) is 0. The van der Waals surface area contributed by atoms with Crippen LogP contribution in [0.5, 0.6) is 0 Å². The van der Waals surface area contributed by atoms with Crippen LogP contribution in [-0.4, -0.2) is 0 Å². The quantitative estimate of drug-likeness (QED) is 0.349. The average Bonchev–Trinajstić information content (AvgIpc) is 3.34. The molecule has 4 aromatic rings. The third kappa shape index (κ3) is 8.28. The second-order valence-electron chi connectivity index (χ2n) is 4.66. The van der Waals surface area contributed by atoms with Gasteiger partial charge < -0.3 is 0 Å². The van der Waals surface area contributed by atoms with Gasteiger partial charge in [-0.05, 0) is 11.1 Å². The maximum Gasteiger partial charge on any atom is 2.00 e. The molecule has 0 N–H and O–H groups in total. The summed E-state index contributed by atoms with van der Waals surface area (Å²) < 4.78 is 0. The van der Waals surface area contributed by atoms with Crippen molar-refractivity contribution in [1.29, 1.82) is 0 Å². The molecule has 0 spiro atoms. The molecule has 4 rings (SSSR count). The maximum absolute atomic E-state index is 2.12. The van der Waals surface area contributed by atoms with Gasteiger partial charge in [-0.25, -0.2) is 24.3 Å². The minimum absolute atomic E-state index is 0. The molecule has 0 saturated heterocycles. The van der Waals surface area contributed by atoms with Gasteiger partial charge in [-0.15, -0.1) is 0 Å². The largest absolute Gasteiger partial charge is 2.00 e. The minimum Gasteiger partial charge on any atom is -0.214 e. The Bertz CT molecular complexity index is 567. The van der Waals surface area contributed by atoms with E-state index in [9.17, 15) is 0 Å². The van der Waals surface area contributed by atoms with Crippen molar-refractivity contribution in [2.75, 3.05) is 0 Å². The number of hydrogen-bond donors (Lipinski definition) is 0. The van der Waals surface area contributed by atoms with Crippen LogP contribution in [-0.2, 0) is 26.2 Å². The predicted octanol–water partition coefficient (Wildman–Crippen LogP) is 6.16. The van der Waals surface area contributed by atoms with Gasteiger partial charge in [0.05, 0.1) is 0 Å². The van der Waals surface area contributed by atoms with E-state index in [1.807, 2.05) is 72.8 Å². The Morgan fingerprint density at radius 2 is 0.696 bits per heavy atom. The molecule has 0 aliphatic rings. The third-order valence-electron chi connectivity index (χ3n) is 2.99. The molecular formula is C22H20Zr. The molecule has 0 saturated carbocycles. The van der Waals surface area contributed by atoms with Gasteiger partial charge in [0.1, 0.15) is 0 Å². The molecule has 0 atom stereocenters. The molecule has 0 aromatic heterocycles. The Balaban J connectivity index is 0.000000200. The Kier molecular flexibility index (Phi) is 10.4. The average molecular weight is 376 g/mol. The molecule has 0 unspecified atom stereocenters. The Labute approximate surface area is 158 Å². The molecule has 112 valence electrons. The minimum atomic E-state index is 0. The van der Waals surface area contributed by atoms with Crippen LogP contribution in [0.1, 0.15) is 0 Å². The molecule has 0 bridgehead atoms. The van der Waals surface area contributed by atoms with E-state index in [2.05, 4.69) is 48.5 Å². The standard InChI is InChI=1S/C12H10.2C5H5.Zr/c1-3-7-11(8-4-1)12-9-5-2-6-10-12;2*1-2-4-5-3-1;/h1-10H;2*1-5H;/q;2*-1;+2. The van der Waals surface area contributed by atoms with E-state index < -0.39 is 0 Å². The predicted molar refractivity (Wildman–Crippen MR) is 95.9 cm³/mol. The topological polar surface area (TPSA) is 0 Å². The zero-order chi connectivity index (χ0) is 15.3. The van der Waals surface area contributed by atoms with E-state index in [0.717, 1.165) is 0 Å². The van der Waals surface area contributed by atoms with Gasteiger partial charge in [-0.1, -0.05) is 60.7 Å². The molecule has 0 fully saturated rings. The van der Waals surface area contributed by atoms with Gasteiger partial charge in [-0.3, -0.25) is 0 Å². The summed E-state index contributed by atoms with van der Waals surface area (Å²) in [4.78, 5) is 0. The van der Waals surface area contributed by atoms with Crippen molar-refractivity contribution in [2.24, 2.45) is 0 Å². The first kappa shape index (κ1) is 19.1. The molecule has 0 amide bonds. The Morgan fingerprint density at radius 3 is 0.913 bits per heavy atom. The summed E-state index contributed by atoms with van der Waals surface area (Å²) in [6.07, 6.45) is 0. The summed E-state index contributed by atoms with van der Waals surface area (Å²) in [5.41, 5.74) is 2.55. The maximum atomic E-state index is 2.12. The fourth-order valence-corrected chi connectivity index (χ4v) is 1.90. The third-order valence-corrected chi connectivity index (χ3v) is 2.99. The van der Waals surface area contributed by atoms with Crippen LogP contribution in [0.2, 0.25) is 0 Å². The van der Waals surface area contributed by atoms with Crippen LogP contribution in [0.15, 0.2) is 121 Å². The zero-order valence-electron chi connectivity index (χ0n) is 13.0. The van der Waals surface area contributed by atoms with Gasteiger partial charge in [0, 0.05) is 0 Å². The number of hydrogen-bond acceptors (Lipinski definition) is 0. The molecule has 23 heavy (non-hydrogen) atoms. The molecular weight excluding hydrogens is 355 g/mol. The van der Waals surface area contributed by atoms with Gasteiger partial charge in [0.25, 0.3) is 0 Å². The van der Waals surface area contributed by atoms with Crippen LogP contribution in [0.4, 0.5) is 0 Å². The fraction of sp³-hybridized carbons (Fsp3) is 0. The van der Waals surface area contributed by atoms with E-state index in [0.29, 0.717) is 0 Å². The van der Waals surface area contributed by atoms with E-state index in [1.54, 1.807) is 0 Å². The smallest absolute Gasteiger partial charge is 0.214 e. The van der Waals surface area contributed by atoms with E-state index in [1.165, 1.54) is 11.1 Å². The molecule has 0 heterocycles. The van der Waals surface area contributed by atoms with Crippen molar-refractivity contribution < 1.29 is 26.2 Å². The first-order valence-corrected chi connectivity index (χ1v) is 7.40. The normalized spacial score (nSPS) is 8.52. The first-order chi connectivity index (χ1) is 11.0. The molecule has 0 nitrogen and oxygen atoms in total. The van der Waals surface area contributed by atoms with Crippen LogP contribution in [0, 0.1) is 0 Å². The van der Waals surface area contributed by atoms with Crippen molar-refractivity contribution in [3.63, 3.8) is 0 Å². The van der Waals surface area contributed by atoms with E-state index in [-0.39, 0.29) is 26.2 Å². The fourth-order valence-electron chi connectivity index (χ4n) is 1.90. The van der Waals surface area contributed by atoms with Crippen molar-refractivity contribution in [3.05, 3.63) is 121 Å². The van der Waals surface area contributed by atoms with Crippen LogP contribution in [0.3, 0.4) is 0 Å². The molecule has 0 aliphatic carbocycles. The monoisotopic (exact) mass is 374 g/mol. The summed E-state index contributed by atoms with van der Waals surface area (Å²) in [6.45, 7) is 0. The number of rotatable bonds is 1. The van der Waals surface area contributed by atoms with E-state index in [4.69, 9.17) is 0 Å². The van der Waals surface area contributed by atoms with Gasteiger partial charge >= 0.3 is 26.2 Å². The summed E-state index contributed by atoms with van der Waals surface area (Å²) in [5, 5.41) is 0. The summed E-state index contributed by atoms with van der Waals surface area (Å²) in [6, 6.07) is 40.8. The second-order valence-corrected chi connectivity index (χ2v) is 4.66. The second kappa shape index (κ2) is 12.6. The summed E-state index contributed by atoms with van der Waals surface area (Å²) in [7, 11) is 0. The van der Waals surface area contributed by atoms with Crippen LogP contribution >= 0.6 is 0 Å². The van der Waals surface area contributed by atoms with Crippen LogP contribution in [0.25, 0.3) is 11.1 Å². The van der Waals surface area contributed by atoms with Gasteiger partial charge in [0.15, 0.2) is 0 Å².